The van der Waals surface area contributed by atoms with Crippen molar-refractivity contribution >= 4 is 43.5 Å². The molecule has 1 atom stereocenters. The molecule has 19 heavy (non-hydrogen) atoms. The molecule has 0 heterocycles. The Kier molecular flexibility index (Phi) is 5.01. The van der Waals surface area contributed by atoms with Crippen LogP contribution in [0.3, 0.4) is 0 Å². The molecule has 2 aromatic carbocycles. The maximum Gasteiger partial charge on any atom is 0.127 e. The minimum absolute atomic E-state index is 0.131. The number of hydrogen-bond acceptors (Lipinski definition) is 1. The molecule has 5 heteroatoms. The van der Waals surface area contributed by atoms with Crippen LogP contribution >= 0.6 is 43.5 Å². The second kappa shape index (κ2) is 6.35. The maximum absolute atomic E-state index is 13.7. The van der Waals surface area contributed by atoms with Crippen molar-refractivity contribution in [2.45, 2.75) is 12.5 Å². The monoisotopic (exact) mass is 406 g/mol. The van der Waals surface area contributed by atoms with Gasteiger partial charge >= 0.3 is 0 Å². The van der Waals surface area contributed by atoms with Crippen LogP contribution in [-0.4, -0.2) is 5.11 Å². The Labute approximate surface area is 132 Å². The third-order valence-electron chi connectivity index (χ3n) is 2.78. The normalized spacial score (nSPS) is 12.5. The lowest BCUT2D eigenvalue weighted by molar-refractivity contribution is 0.176. The highest BCUT2D eigenvalue weighted by molar-refractivity contribution is 9.11. The summed E-state index contributed by atoms with van der Waals surface area (Å²) in [4.78, 5) is 0. The van der Waals surface area contributed by atoms with Crippen LogP contribution in [0.1, 0.15) is 17.2 Å². The lowest BCUT2D eigenvalue weighted by atomic mass is 10.0. The quantitative estimate of drug-likeness (QED) is 0.733. The molecule has 0 spiro atoms. The van der Waals surface area contributed by atoms with E-state index in [4.69, 9.17) is 11.6 Å². The minimum atomic E-state index is -0.822. The van der Waals surface area contributed by atoms with Gasteiger partial charge in [0.05, 0.1) is 6.10 Å². The predicted octanol–water partition coefficient (Wildman–Crippen LogP) is 5.28. The van der Waals surface area contributed by atoms with Gasteiger partial charge in [0, 0.05) is 26.0 Å². The fraction of sp³-hybridized carbons (Fsp3) is 0.143. The van der Waals surface area contributed by atoms with E-state index in [0.717, 1.165) is 8.95 Å². The topological polar surface area (TPSA) is 20.2 Å². The third kappa shape index (κ3) is 3.57. The van der Waals surface area contributed by atoms with Crippen LogP contribution in [0.2, 0.25) is 5.02 Å². The van der Waals surface area contributed by atoms with Gasteiger partial charge in [-0.05, 0) is 29.8 Å². The van der Waals surface area contributed by atoms with E-state index in [1.165, 1.54) is 6.07 Å². The molecule has 0 aromatic heterocycles. The van der Waals surface area contributed by atoms with Crippen LogP contribution in [0.4, 0.5) is 4.39 Å². The molecule has 0 radical (unpaired) electrons. The first-order valence-electron chi connectivity index (χ1n) is 5.55. The first-order valence-corrected chi connectivity index (χ1v) is 7.51. The average Bonchev–Trinajstić information content (AvgIpc) is 2.33. The summed E-state index contributed by atoms with van der Waals surface area (Å²) >= 11 is 12.7. The van der Waals surface area contributed by atoms with E-state index in [1.54, 1.807) is 18.2 Å². The summed E-state index contributed by atoms with van der Waals surface area (Å²) in [6.45, 7) is 0. The molecule has 2 aromatic rings. The molecule has 1 unspecified atom stereocenters. The molecule has 2 rings (SSSR count). The lowest BCUT2D eigenvalue weighted by Gasteiger charge is -2.14. The number of aliphatic hydroxyl groups is 1. The Morgan fingerprint density at radius 1 is 1.21 bits per heavy atom. The van der Waals surface area contributed by atoms with E-state index in [-0.39, 0.29) is 6.42 Å². The van der Waals surface area contributed by atoms with Crippen LogP contribution in [0.25, 0.3) is 0 Å². The fourth-order valence-electron chi connectivity index (χ4n) is 1.80. The van der Waals surface area contributed by atoms with Crippen molar-refractivity contribution in [1.82, 2.24) is 0 Å². The third-order valence-corrected chi connectivity index (χ3v) is 4.31. The van der Waals surface area contributed by atoms with Gasteiger partial charge in [0.2, 0.25) is 0 Å². The van der Waals surface area contributed by atoms with E-state index in [9.17, 15) is 9.50 Å². The van der Waals surface area contributed by atoms with Gasteiger partial charge in [-0.3, -0.25) is 0 Å². The summed E-state index contributed by atoms with van der Waals surface area (Å²) in [6, 6.07) is 9.94. The molecular weight excluding hydrogens is 398 g/mol. The minimum Gasteiger partial charge on any atom is -0.388 e. The van der Waals surface area contributed by atoms with Gasteiger partial charge in [-0.1, -0.05) is 55.6 Å². The molecule has 100 valence electrons. The molecule has 0 amide bonds. The van der Waals surface area contributed by atoms with Gasteiger partial charge in [-0.25, -0.2) is 4.39 Å². The molecular formula is C14H10Br2ClFO. The van der Waals surface area contributed by atoms with Crippen molar-refractivity contribution in [3.8, 4) is 0 Å². The molecule has 0 saturated carbocycles. The van der Waals surface area contributed by atoms with Crippen molar-refractivity contribution in [2.75, 3.05) is 0 Å². The summed E-state index contributed by atoms with van der Waals surface area (Å²) in [7, 11) is 0. The number of rotatable bonds is 3. The highest BCUT2D eigenvalue weighted by Crippen LogP contribution is 2.31. The number of halogens is 4. The second-order valence-electron chi connectivity index (χ2n) is 4.09. The SMILES string of the molecule is OC(Cc1c(F)cccc1Cl)c1ccc(Br)cc1Br. The van der Waals surface area contributed by atoms with Crippen molar-refractivity contribution < 1.29 is 9.50 Å². The largest absolute Gasteiger partial charge is 0.388 e. The van der Waals surface area contributed by atoms with Crippen LogP contribution in [0.15, 0.2) is 45.3 Å². The van der Waals surface area contributed by atoms with E-state index in [2.05, 4.69) is 31.9 Å². The summed E-state index contributed by atoms with van der Waals surface area (Å²) in [5.41, 5.74) is 1.02. The van der Waals surface area contributed by atoms with Gasteiger partial charge in [0.1, 0.15) is 5.82 Å². The Balaban J connectivity index is 2.28. The van der Waals surface area contributed by atoms with Crippen LogP contribution in [0.5, 0.6) is 0 Å². The molecule has 1 N–H and O–H groups in total. The van der Waals surface area contributed by atoms with E-state index in [1.807, 2.05) is 12.1 Å². The van der Waals surface area contributed by atoms with Gasteiger partial charge < -0.3 is 5.11 Å². The lowest BCUT2D eigenvalue weighted by Crippen LogP contribution is -2.05. The standard InChI is InChI=1S/C14H10Br2ClFO/c15-8-4-5-9(11(16)6-8)14(19)7-10-12(17)2-1-3-13(10)18/h1-6,14,19H,7H2. The van der Waals surface area contributed by atoms with Gasteiger partial charge in [0.25, 0.3) is 0 Å². The van der Waals surface area contributed by atoms with E-state index >= 15 is 0 Å². The molecule has 0 saturated heterocycles. The molecule has 0 aliphatic heterocycles. The molecule has 1 nitrogen and oxygen atoms in total. The predicted molar refractivity (Wildman–Crippen MR) is 81.9 cm³/mol. The Hall–Kier alpha value is -0.420. The van der Waals surface area contributed by atoms with Crippen molar-refractivity contribution in [1.29, 1.82) is 0 Å². The average molecular weight is 408 g/mol. The zero-order valence-corrected chi connectivity index (χ0v) is 13.6. The summed E-state index contributed by atoms with van der Waals surface area (Å²) in [5, 5.41) is 10.6. The van der Waals surface area contributed by atoms with Crippen molar-refractivity contribution in [2.24, 2.45) is 0 Å². The molecule has 0 fully saturated rings. The van der Waals surface area contributed by atoms with Crippen LogP contribution in [0, 0.1) is 5.82 Å². The second-order valence-corrected chi connectivity index (χ2v) is 6.26. The summed E-state index contributed by atoms with van der Waals surface area (Å²) < 4.78 is 15.3. The number of hydrogen-bond donors (Lipinski definition) is 1. The Morgan fingerprint density at radius 2 is 1.95 bits per heavy atom. The van der Waals surface area contributed by atoms with Crippen LogP contribution < -0.4 is 0 Å². The molecule has 0 bridgehead atoms. The number of benzene rings is 2. The Bertz CT molecular complexity index is 584. The number of aliphatic hydroxyl groups excluding tert-OH is 1. The first-order chi connectivity index (χ1) is 8.99. The van der Waals surface area contributed by atoms with Gasteiger partial charge in [-0.15, -0.1) is 0 Å². The van der Waals surface area contributed by atoms with E-state index < -0.39 is 11.9 Å². The zero-order valence-electron chi connectivity index (χ0n) is 9.71. The zero-order chi connectivity index (χ0) is 14.0. The van der Waals surface area contributed by atoms with Gasteiger partial charge in [0.15, 0.2) is 0 Å². The fourth-order valence-corrected chi connectivity index (χ4v) is 3.35. The van der Waals surface area contributed by atoms with Crippen LogP contribution in [-0.2, 0) is 6.42 Å². The maximum atomic E-state index is 13.7. The van der Waals surface area contributed by atoms with Crippen molar-refractivity contribution in [3.63, 3.8) is 0 Å². The van der Waals surface area contributed by atoms with Gasteiger partial charge in [-0.2, -0.15) is 0 Å². The summed E-state index contributed by atoms with van der Waals surface area (Å²) in [5.74, 6) is -0.403. The Morgan fingerprint density at radius 3 is 2.58 bits per heavy atom. The first kappa shape index (κ1) is 15.0. The van der Waals surface area contributed by atoms with E-state index in [0.29, 0.717) is 16.1 Å². The highest BCUT2D eigenvalue weighted by atomic mass is 79.9. The molecule has 0 aliphatic carbocycles. The van der Waals surface area contributed by atoms with Crippen molar-refractivity contribution in [3.05, 3.63) is 67.3 Å². The molecule has 0 aliphatic rings. The highest BCUT2D eigenvalue weighted by Gasteiger charge is 2.16. The smallest absolute Gasteiger partial charge is 0.127 e. The summed E-state index contributed by atoms with van der Waals surface area (Å²) in [6.07, 6.45) is -0.692.